The van der Waals surface area contributed by atoms with Gasteiger partial charge in [0.05, 0.1) is 6.54 Å². The average Bonchev–Trinajstić information content (AvgIpc) is 3.15. The molecule has 2 aromatic rings. The number of nitrogens with zero attached hydrogens (tertiary/aromatic N) is 1. The fourth-order valence-corrected chi connectivity index (χ4v) is 3.51. The van der Waals surface area contributed by atoms with Gasteiger partial charge < -0.3 is 10.6 Å². The first kappa shape index (κ1) is 16.0. The number of rotatable bonds is 7. The van der Waals surface area contributed by atoms with E-state index in [1.165, 1.54) is 9.75 Å². The first-order chi connectivity index (χ1) is 10.3. The van der Waals surface area contributed by atoms with Gasteiger partial charge >= 0.3 is 0 Å². The number of aliphatic imine (C=N–C) groups is 1. The summed E-state index contributed by atoms with van der Waals surface area (Å²) in [4.78, 5) is 7.37. The maximum atomic E-state index is 4.63. The van der Waals surface area contributed by atoms with Crippen LogP contribution in [0.15, 0.2) is 40.0 Å². The minimum absolute atomic E-state index is 0.592. The third-order valence-corrected chi connectivity index (χ3v) is 4.82. The second-order valence-corrected chi connectivity index (χ2v) is 7.11. The van der Waals surface area contributed by atoms with Crippen LogP contribution in [0.4, 0.5) is 0 Å². The summed E-state index contributed by atoms with van der Waals surface area (Å²) in [6, 6.07) is 8.51. The molecule has 0 bridgehead atoms. The van der Waals surface area contributed by atoms with Gasteiger partial charge in [0, 0.05) is 22.8 Å². The molecule has 0 aliphatic rings. The lowest BCUT2D eigenvalue weighted by atomic mass is 10.1. The van der Waals surface area contributed by atoms with E-state index < -0.39 is 0 Å². The summed E-state index contributed by atoms with van der Waals surface area (Å²) in [6.45, 7) is 6.93. The van der Waals surface area contributed by atoms with Gasteiger partial charge in [-0.2, -0.15) is 0 Å². The standard InChI is InChI=1S/C16H23N3S2/c1-3-17-16(19-12-15-7-5-9-21-15)18-11-13(2)10-14-6-4-8-20-14/h4-9,13H,3,10-12H2,1-2H3,(H2,17,18,19). The number of hydrogen-bond acceptors (Lipinski definition) is 3. The molecule has 0 fully saturated rings. The highest BCUT2D eigenvalue weighted by Crippen LogP contribution is 2.14. The molecule has 2 aromatic heterocycles. The summed E-state index contributed by atoms with van der Waals surface area (Å²) >= 11 is 3.58. The summed E-state index contributed by atoms with van der Waals surface area (Å²) in [5.41, 5.74) is 0. The van der Waals surface area contributed by atoms with Crippen LogP contribution in [0.5, 0.6) is 0 Å². The SMILES string of the molecule is CCNC(=NCc1cccs1)NCC(C)Cc1cccs1. The molecular weight excluding hydrogens is 298 g/mol. The summed E-state index contributed by atoms with van der Waals surface area (Å²) in [5.74, 6) is 1.50. The Balaban J connectivity index is 1.80. The van der Waals surface area contributed by atoms with Crippen molar-refractivity contribution in [3.63, 3.8) is 0 Å². The molecule has 1 unspecified atom stereocenters. The number of guanidine groups is 1. The minimum Gasteiger partial charge on any atom is -0.357 e. The van der Waals surface area contributed by atoms with E-state index >= 15 is 0 Å². The Morgan fingerprint density at radius 3 is 2.48 bits per heavy atom. The van der Waals surface area contributed by atoms with E-state index in [0.29, 0.717) is 5.92 Å². The second-order valence-electron chi connectivity index (χ2n) is 5.04. The van der Waals surface area contributed by atoms with Gasteiger partial charge in [0.2, 0.25) is 0 Å². The first-order valence-corrected chi connectivity index (χ1v) is 9.10. The van der Waals surface area contributed by atoms with Crippen molar-refractivity contribution in [1.82, 2.24) is 10.6 Å². The van der Waals surface area contributed by atoms with Gasteiger partial charge in [-0.3, -0.25) is 0 Å². The lowest BCUT2D eigenvalue weighted by molar-refractivity contribution is 0.562. The van der Waals surface area contributed by atoms with E-state index in [1.54, 1.807) is 11.3 Å². The van der Waals surface area contributed by atoms with Crippen LogP contribution in [0.2, 0.25) is 0 Å². The Labute approximate surface area is 135 Å². The van der Waals surface area contributed by atoms with Gasteiger partial charge in [0.25, 0.3) is 0 Å². The van der Waals surface area contributed by atoms with E-state index in [4.69, 9.17) is 0 Å². The third kappa shape index (κ3) is 5.89. The molecule has 5 heteroatoms. The highest BCUT2D eigenvalue weighted by Gasteiger charge is 2.06. The van der Waals surface area contributed by atoms with Crippen molar-refractivity contribution in [2.75, 3.05) is 13.1 Å². The van der Waals surface area contributed by atoms with Crippen LogP contribution in [0.25, 0.3) is 0 Å². The first-order valence-electron chi connectivity index (χ1n) is 7.35. The zero-order valence-electron chi connectivity index (χ0n) is 12.6. The van der Waals surface area contributed by atoms with Crippen LogP contribution in [0.3, 0.4) is 0 Å². The normalized spacial score (nSPS) is 13.1. The fraction of sp³-hybridized carbons (Fsp3) is 0.438. The lowest BCUT2D eigenvalue weighted by Gasteiger charge is -2.15. The molecule has 0 aromatic carbocycles. The molecular formula is C16H23N3S2. The highest BCUT2D eigenvalue weighted by atomic mass is 32.1. The molecule has 0 saturated heterocycles. The Bertz CT molecular complexity index is 518. The van der Waals surface area contributed by atoms with Crippen LogP contribution in [-0.2, 0) is 13.0 Å². The quantitative estimate of drug-likeness (QED) is 0.602. The Hall–Kier alpha value is -1.33. The molecule has 0 amide bonds. The van der Waals surface area contributed by atoms with Gasteiger partial charge in [-0.1, -0.05) is 19.1 Å². The topological polar surface area (TPSA) is 36.4 Å². The van der Waals surface area contributed by atoms with Crippen molar-refractivity contribution in [2.24, 2.45) is 10.9 Å². The van der Waals surface area contributed by atoms with Crippen LogP contribution in [-0.4, -0.2) is 19.0 Å². The maximum absolute atomic E-state index is 4.63. The minimum atomic E-state index is 0.592. The van der Waals surface area contributed by atoms with Crippen LogP contribution >= 0.6 is 22.7 Å². The predicted octanol–water partition coefficient (Wildman–Crippen LogP) is 3.74. The number of thiophene rings is 2. The third-order valence-electron chi connectivity index (χ3n) is 3.07. The monoisotopic (exact) mass is 321 g/mol. The van der Waals surface area contributed by atoms with Gasteiger partial charge in [0.1, 0.15) is 0 Å². The molecule has 0 aliphatic heterocycles. The van der Waals surface area contributed by atoms with E-state index in [2.05, 4.69) is 64.5 Å². The van der Waals surface area contributed by atoms with E-state index in [-0.39, 0.29) is 0 Å². The van der Waals surface area contributed by atoms with E-state index in [0.717, 1.165) is 32.0 Å². The predicted molar refractivity (Wildman–Crippen MR) is 94.3 cm³/mol. The van der Waals surface area contributed by atoms with Crippen molar-refractivity contribution in [1.29, 1.82) is 0 Å². The zero-order chi connectivity index (χ0) is 14.9. The molecule has 3 nitrogen and oxygen atoms in total. The highest BCUT2D eigenvalue weighted by molar-refractivity contribution is 7.10. The van der Waals surface area contributed by atoms with Gasteiger partial charge in [-0.25, -0.2) is 4.99 Å². The molecule has 114 valence electrons. The smallest absolute Gasteiger partial charge is 0.191 e. The molecule has 1 atom stereocenters. The van der Waals surface area contributed by atoms with E-state index in [1.807, 2.05) is 11.3 Å². The van der Waals surface area contributed by atoms with E-state index in [9.17, 15) is 0 Å². The average molecular weight is 322 g/mol. The molecule has 0 spiro atoms. The largest absolute Gasteiger partial charge is 0.357 e. The fourth-order valence-electron chi connectivity index (χ4n) is 2.02. The lowest BCUT2D eigenvalue weighted by Crippen LogP contribution is -2.39. The van der Waals surface area contributed by atoms with Crippen LogP contribution < -0.4 is 10.6 Å². The summed E-state index contributed by atoms with van der Waals surface area (Å²) in [7, 11) is 0. The Morgan fingerprint density at radius 1 is 1.14 bits per heavy atom. The Morgan fingerprint density at radius 2 is 1.86 bits per heavy atom. The molecule has 21 heavy (non-hydrogen) atoms. The summed E-state index contributed by atoms with van der Waals surface area (Å²) in [5, 5.41) is 11.0. The number of nitrogens with one attached hydrogen (secondary N) is 2. The zero-order valence-corrected chi connectivity index (χ0v) is 14.3. The van der Waals surface area contributed by atoms with Crippen molar-refractivity contribution in [2.45, 2.75) is 26.8 Å². The van der Waals surface area contributed by atoms with Crippen molar-refractivity contribution in [3.05, 3.63) is 44.8 Å². The Kier molecular flexibility index (Phi) is 6.76. The van der Waals surface area contributed by atoms with Gasteiger partial charge in [-0.15, -0.1) is 22.7 Å². The molecule has 2 N–H and O–H groups in total. The summed E-state index contributed by atoms with van der Waals surface area (Å²) < 4.78 is 0. The van der Waals surface area contributed by atoms with Gasteiger partial charge in [0.15, 0.2) is 5.96 Å². The number of hydrogen-bond donors (Lipinski definition) is 2. The van der Waals surface area contributed by atoms with Crippen LogP contribution in [0.1, 0.15) is 23.6 Å². The van der Waals surface area contributed by atoms with Gasteiger partial charge in [-0.05, 0) is 42.2 Å². The maximum Gasteiger partial charge on any atom is 0.191 e. The van der Waals surface area contributed by atoms with Crippen molar-refractivity contribution >= 4 is 28.6 Å². The molecule has 0 aliphatic carbocycles. The van der Waals surface area contributed by atoms with Crippen molar-refractivity contribution in [3.8, 4) is 0 Å². The molecule has 2 rings (SSSR count). The van der Waals surface area contributed by atoms with Crippen molar-refractivity contribution < 1.29 is 0 Å². The molecule has 0 saturated carbocycles. The molecule has 0 radical (unpaired) electrons. The second kappa shape index (κ2) is 8.85. The van der Waals surface area contributed by atoms with Crippen LogP contribution in [0, 0.1) is 5.92 Å². The summed E-state index contributed by atoms with van der Waals surface area (Å²) in [6.07, 6.45) is 1.12. The molecule has 2 heterocycles.